The Morgan fingerprint density at radius 1 is 1.55 bits per heavy atom. The summed E-state index contributed by atoms with van der Waals surface area (Å²) in [5.74, 6) is 0.340. The van der Waals surface area contributed by atoms with E-state index in [1.807, 2.05) is 38.1 Å². The average molecular weight is 314 g/mol. The fraction of sp³-hybridized carbons (Fsp3) is 0.533. The molecular weight excluding hydrogens is 294 g/mol. The summed E-state index contributed by atoms with van der Waals surface area (Å²) >= 11 is 7.54. The van der Waals surface area contributed by atoms with Gasteiger partial charge in [-0.2, -0.15) is 0 Å². The number of carbonyl (C=O) groups excluding carboxylic acids is 1. The maximum atomic E-state index is 12.3. The summed E-state index contributed by atoms with van der Waals surface area (Å²) in [6.45, 7) is 3.75. The number of aliphatic hydroxyl groups is 1. The van der Waals surface area contributed by atoms with Gasteiger partial charge in [0.2, 0.25) is 5.91 Å². The van der Waals surface area contributed by atoms with Gasteiger partial charge in [0.1, 0.15) is 0 Å². The molecule has 0 saturated heterocycles. The Morgan fingerprint density at radius 2 is 2.20 bits per heavy atom. The lowest BCUT2D eigenvalue weighted by molar-refractivity contribution is -0.122. The zero-order chi connectivity index (χ0) is 14.8. The standard InChI is InChI=1S/C15H20ClNO2S/c1-10(20-13-6-4-3-5-12(13)16)14(19)17-15(2,9-18)11-7-8-11/h3-6,10-11,18H,7-9H2,1-2H3,(H,17,19). The summed E-state index contributed by atoms with van der Waals surface area (Å²) in [4.78, 5) is 13.2. The third-order valence-electron chi connectivity index (χ3n) is 3.73. The van der Waals surface area contributed by atoms with Crippen molar-refractivity contribution < 1.29 is 9.90 Å². The van der Waals surface area contributed by atoms with Gasteiger partial charge in [-0.05, 0) is 44.7 Å². The van der Waals surface area contributed by atoms with Crippen LogP contribution in [0.25, 0.3) is 0 Å². The van der Waals surface area contributed by atoms with Crippen LogP contribution < -0.4 is 5.32 Å². The van der Waals surface area contributed by atoms with Crippen LogP contribution in [0.2, 0.25) is 5.02 Å². The molecule has 0 aromatic heterocycles. The van der Waals surface area contributed by atoms with Crippen LogP contribution in [0.1, 0.15) is 26.7 Å². The summed E-state index contributed by atoms with van der Waals surface area (Å²) in [5.41, 5.74) is -0.494. The van der Waals surface area contributed by atoms with Gasteiger partial charge in [-0.3, -0.25) is 4.79 Å². The predicted molar refractivity (Wildman–Crippen MR) is 83.1 cm³/mol. The van der Waals surface area contributed by atoms with E-state index in [2.05, 4.69) is 5.32 Å². The number of aliphatic hydroxyl groups excluding tert-OH is 1. The number of benzene rings is 1. The third-order valence-corrected chi connectivity index (χ3v) is 5.34. The van der Waals surface area contributed by atoms with Crippen LogP contribution >= 0.6 is 23.4 Å². The van der Waals surface area contributed by atoms with E-state index in [-0.39, 0.29) is 17.8 Å². The number of rotatable bonds is 6. The molecule has 0 heterocycles. The van der Waals surface area contributed by atoms with Gasteiger partial charge in [0.25, 0.3) is 0 Å². The van der Waals surface area contributed by atoms with E-state index in [0.717, 1.165) is 17.7 Å². The maximum Gasteiger partial charge on any atom is 0.233 e. The highest BCUT2D eigenvalue weighted by Crippen LogP contribution is 2.39. The van der Waals surface area contributed by atoms with E-state index < -0.39 is 5.54 Å². The minimum Gasteiger partial charge on any atom is -0.394 e. The molecule has 1 aromatic carbocycles. The molecule has 1 fully saturated rings. The number of hydrogen-bond donors (Lipinski definition) is 2. The molecule has 1 aromatic rings. The first kappa shape index (κ1) is 15.7. The molecule has 0 bridgehead atoms. The van der Waals surface area contributed by atoms with Crippen LogP contribution in [-0.2, 0) is 4.79 Å². The molecular formula is C15H20ClNO2S. The summed E-state index contributed by atoms with van der Waals surface area (Å²) in [6.07, 6.45) is 2.15. The minimum atomic E-state index is -0.494. The zero-order valence-electron chi connectivity index (χ0n) is 11.7. The summed E-state index contributed by atoms with van der Waals surface area (Å²) in [7, 11) is 0. The first-order valence-corrected chi connectivity index (χ1v) is 8.06. The molecule has 110 valence electrons. The Labute approximate surface area is 129 Å². The molecule has 1 aliphatic rings. The Morgan fingerprint density at radius 3 is 2.75 bits per heavy atom. The quantitative estimate of drug-likeness (QED) is 0.793. The molecule has 1 saturated carbocycles. The molecule has 20 heavy (non-hydrogen) atoms. The van der Waals surface area contributed by atoms with Crippen LogP contribution in [0.3, 0.4) is 0 Å². The SMILES string of the molecule is CC(Sc1ccccc1Cl)C(=O)NC(C)(CO)C1CC1. The Hall–Kier alpha value is -0.710. The zero-order valence-corrected chi connectivity index (χ0v) is 13.3. The second kappa shape index (κ2) is 6.37. The first-order valence-electron chi connectivity index (χ1n) is 6.80. The smallest absolute Gasteiger partial charge is 0.233 e. The average Bonchev–Trinajstić information content (AvgIpc) is 3.26. The van der Waals surface area contributed by atoms with Crippen molar-refractivity contribution in [1.82, 2.24) is 5.32 Å². The van der Waals surface area contributed by atoms with Crippen molar-refractivity contribution in [2.75, 3.05) is 6.61 Å². The number of thioether (sulfide) groups is 1. The van der Waals surface area contributed by atoms with Crippen molar-refractivity contribution in [2.24, 2.45) is 5.92 Å². The van der Waals surface area contributed by atoms with Gasteiger partial charge in [-0.25, -0.2) is 0 Å². The van der Waals surface area contributed by atoms with Crippen molar-refractivity contribution in [2.45, 2.75) is 42.4 Å². The van der Waals surface area contributed by atoms with Crippen LogP contribution in [-0.4, -0.2) is 28.4 Å². The van der Waals surface area contributed by atoms with E-state index in [9.17, 15) is 9.90 Å². The molecule has 2 N–H and O–H groups in total. The van der Waals surface area contributed by atoms with Crippen LogP contribution in [0.4, 0.5) is 0 Å². The topological polar surface area (TPSA) is 49.3 Å². The van der Waals surface area contributed by atoms with E-state index in [0.29, 0.717) is 10.9 Å². The summed E-state index contributed by atoms with van der Waals surface area (Å²) < 4.78 is 0. The summed E-state index contributed by atoms with van der Waals surface area (Å²) in [6, 6.07) is 7.49. The minimum absolute atomic E-state index is 0.0209. The fourth-order valence-corrected chi connectivity index (χ4v) is 3.31. The molecule has 0 spiro atoms. The maximum absolute atomic E-state index is 12.3. The third kappa shape index (κ3) is 3.68. The molecule has 2 unspecified atom stereocenters. The van der Waals surface area contributed by atoms with Gasteiger partial charge in [-0.1, -0.05) is 23.7 Å². The van der Waals surface area contributed by atoms with E-state index >= 15 is 0 Å². The normalized spacial score (nSPS) is 19.2. The molecule has 0 radical (unpaired) electrons. The van der Waals surface area contributed by atoms with E-state index in [1.54, 1.807) is 0 Å². The molecule has 0 aliphatic heterocycles. The van der Waals surface area contributed by atoms with Crippen molar-refractivity contribution in [3.8, 4) is 0 Å². The van der Waals surface area contributed by atoms with Gasteiger partial charge in [0.15, 0.2) is 0 Å². The summed E-state index contributed by atoms with van der Waals surface area (Å²) in [5, 5.41) is 12.9. The van der Waals surface area contributed by atoms with Gasteiger partial charge in [0, 0.05) is 4.90 Å². The largest absolute Gasteiger partial charge is 0.394 e. The molecule has 1 aliphatic carbocycles. The van der Waals surface area contributed by atoms with Crippen LogP contribution in [0.5, 0.6) is 0 Å². The van der Waals surface area contributed by atoms with Gasteiger partial charge >= 0.3 is 0 Å². The number of halogens is 1. The van der Waals surface area contributed by atoms with E-state index in [1.165, 1.54) is 11.8 Å². The number of carbonyl (C=O) groups is 1. The van der Waals surface area contributed by atoms with Gasteiger partial charge in [-0.15, -0.1) is 11.8 Å². The predicted octanol–water partition coefficient (Wildman–Crippen LogP) is 3.10. The lowest BCUT2D eigenvalue weighted by atomic mass is 9.97. The lowest BCUT2D eigenvalue weighted by Gasteiger charge is -2.30. The Kier molecular flexibility index (Phi) is 4.99. The van der Waals surface area contributed by atoms with Gasteiger partial charge in [0.05, 0.1) is 22.4 Å². The van der Waals surface area contributed by atoms with Crippen molar-refractivity contribution >= 4 is 29.3 Å². The monoisotopic (exact) mass is 313 g/mol. The van der Waals surface area contributed by atoms with Crippen molar-refractivity contribution in [3.63, 3.8) is 0 Å². The highest BCUT2D eigenvalue weighted by molar-refractivity contribution is 8.00. The second-order valence-corrected chi connectivity index (χ2v) is 7.32. The molecule has 5 heteroatoms. The van der Waals surface area contributed by atoms with Crippen molar-refractivity contribution in [3.05, 3.63) is 29.3 Å². The van der Waals surface area contributed by atoms with Gasteiger partial charge < -0.3 is 10.4 Å². The number of nitrogens with one attached hydrogen (secondary N) is 1. The van der Waals surface area contributed by atoms with Crippen LogP contribution in [0.15, 0.2) is 29.2 Å². The van der Waals surface area contributed by atoms with Crippen LogP contribution in [0, 0.1) is 5.92 Å². The van der Waals surface area contributed by atoms with Crippen molar-refractivity contribution in [1.29, 1.82) is 0 Å². The molecule has 2 rings (SSSR count). The Balaban J connectivity index is 1.97. The Bertz CT molecular complexity index is 493. The molecule has 3 nitrogen and oxygen atoms in total. The fourth-order valence-electron chi connectivity index (χ4n) is 2.16. The lowest BCUT2D eigenvalue weighted by Crippen LogP contribution is -2.52. The second-order valence-electron chi connectivity index (χ2n) is 5.53. The number of amides is 1. The molecule has 1 amide bonds. The highest BCUT2D eigenvalue weighted by Gasteiger charge is 2.42. The first-order chi connectivity index (χ1) is 9.46. The highest BCUT2D eigenvalue weighted by atomic mass is 35.5. The molecule has 2 atom stereocenters. The van der Waals surface area contributed by atoms with E-state index in [4.69, 9.17) is 11.6 Å². The number of hydrogen-bond acceptors (Lipinski definition) is 3.